The maximum atomic E-state index is 14.0. The fourth-order valence-corrected chi connectivity index (χ4v) is 5.78. The highest BCUT2D eigenvalue weighted by Gasteiger charge is 2.30. The van der Waals surface area contributed by atoms with Crippen LogP contribution < -0.4 is 5.32 Å². The summed E-state index contributed by atoms with van der Waals surface area (Å²) in [6.45, 7) is 2.85. The van der Waals surface area contributed by atoms with Gasteiger partial charge in [-0.05, 0) is 31.9 Å². The lowest BCUT2D eigenvalue weighted by Gasteiger charge is -2.30. The molecule has 1 saturated heterocycles. The second-order valence-corrected chi connectivity index (χ2v) is 10.9. The monoisotopic (exact) mass is 484 g/mol. The molecule has 0 radical (unpaired) electrons. The van der Waals surface area contributed by atoms with Crippen LogP contribution in [0.25, 0.3) is 0 Å². The molecule has 2 aromatic heterocycles. The average molecular weight is 485 g/mol. The number of hydrogen-bond acceptors (Lipinski definition) is 7. The van der Waals surface area contributed by atoms with Crippen LogP contribution >= 0.6 is 22.9 Å². The molecule has 12 heteroatoms. The Morgan fingerprint density at radius 2 is 2.16 bits per heavy atom. The van der Waals surface area contributed by atoms with Crippen molar-refractivity contribution in [2.75, 3.05) is 24.2 Å². The molecule has 0 bridgehead atoms. The quantitative estimate of drug-likeness (QED) is 0.547. The van der Waals surface area contributed by atoms with Crippen molar-refractivity contribution in [3.8, 4) is 0 Å². The predicted octanol–water partition coefficient (Wildman–Crippen LogP) is 3.85. The van der Waals surface area contributed by atoms with Crippen LogP contribution in [0.4, 0.5) is 15.3 Å². The zero-order valence-corrected chi connectivity index (χ0v) is 19.2. The molecule has 0 saturated carbocycles. The molecule has 0 amide bonds. The van der Waals surface area contributed by atoms with Crippen molar-refractivity contribution < 1.29 is 12.8 Å². The SMILES string of the molecule is CCS(=O)(=O)N1CCC[C@H](c2nnc(Nc3ccn(Cc4c(F)cccc4Cl)n3)s2)C1. The Kier molecular flexibility index (Phi) is 6.56. The highest BCUT2D eigenvalue weighted by Crippen LogP contribution is 2.32. The molecule has 0 spiro atoms. The van der Waals surface area contributed by atoms with Crippen molar-refractivity contribution >= 4 is 43.9 Å². The number of hydrogen-bond donors (Lipinski definition) is 1. The molecular formula is C19H22ClFN6O2S2. The molecule has 1 aliphatic rings. The number of benzene rings is 1. The van der Waals surface area contributed by atoms with Gasteiger partial charge in [0.15, 0.2) is 5.82 Å². The molecule has 31 heavy (non-hydrogen) atoms. The third-order valence-electron chi connectivity index (χ3n) is 5.19. The number of halogens is 2. The van der Waals surface area contributed by atoms with Crippen molar-refractivity contribution in [3.63, 3.8) is 0 Å². The van der Waals surface area contributed by atoms with Crippen molar-refractivity contribution in [2.24, 2.45) is 0 Å². The van der Waals surface area contributed by atoms with Crippen LogP contribution in [0, 0.1) is 5.82 Å². The third kappa shape index (κ3) is 5.05. The molecule has 1 atom stereocenters. The molecule has 4 rings (SSSR count). The summed E-state index contributed by atoms with van der Waals surface area (Å²) < 4.78 is 41.5. The number of rotatable bonds is 7. The Bertz CT molecular complexity index is 1150. The minimum Gasteiger partial charge on any atom is -0.313 e. The normalized spacial score (nSPS) is 17.7. The van der Waals surface area contributed by atoms with Crippen molar-refractivity contribution in [2.45, 2.75) is 32.2 Å². The highest BCUT2D eigenvalue weighted by atomic mass is 35.5. The van der Waals surface area contributed by atoms with E-state index in [1.807, 2.05) is 0 Å². The summed E-state index contributed by atoms with van der Waals surface area (Å²) in [6.07, 6.45) is 3.40. The number of sulfonamides is 1. The molecule has 1 fully saturated rings. The summed E-state index contributed by atoms with van der Waals surface area (Å²) in [7, 11) is -3.21. The van der Waals surface area contributed by atoms with Gasteiger partial charge < -0.3 is 5.32 Å². The smallest absolute Gasteiger partial charge is 0.213 e. The summed E-state index contributed by atoms with van der Waals surface area (Å²) in [5, 5.41) is 17.7. The van der Waals surface area contributed by atoms with E-state index in [9.17, 15) is 12.8 Å². The van der Waals surface area contributed by atoms with Crippen LogP contribution in [0.5, 0.6) is 0 Å². The van der Waals surface area contributed by atoms with Crippen LogP contribution in [-0.2, 0) is 16.6 Å². The maximum absolute atomic E-state index is 14.0. The van der Waals surface area contributed by atoms with Gasteiger partial charge in [-0.25, -0.2) is 17.1 Å². The number of piperidine rings is 1. The van der Waals surface area contributed by atoms with Gasteiger partial charge in [0.1, 0.15) is 10.8 Å². The van der Waals surface area contributed by atoms with Crippen molar-refractivity contribution in [1.82, 2.24) is 24.3 Å². The summed E-state index contributed by atoms with van der Waals surface area (Å²) in [6, 6.07) is 6.33. The molecule has 0 aliphatic carbocycles. The number of nitrogens with zero attached hydrogens (tertiary/aromatic N) is 5. The van der Waals surface area contributed by atoms with E-state index in [4.69, 9.17) is 11.6 Å². The average Bonchev–Trinajstić information content (AvgIpc) is 3.41. The Morgan fingerprint density at radius 3 is 2.94 bits per heavy atom. The summed E-state index contributed by atoms with van der Waals surface area (Å²) in [5.41, 5.74) is 0.376. The Morgan fingerprint density at radius 1 is 1.32 bits per heavy atom. The topological polar surface area (TPSA) is 93.0 Å². The summed E-state index contributed by atoms with van der Waals surface area (Å²) >= 11 is 7.47. The van der Waals surface area contributed by atoms with E-state index in [2.05, 4.69) is 20.6 Å². The number of aromatic nitrogens is 4. The molecule has 8 nitrogen and oxygen atoms in total. The predicted molar refractivity (Wildman–Crippen MR) is 119 cm³/mol. The second-order valence-electron chi connectivity index (χ2n) is 7.27. The van der Waals surface area contributed by atoms with E-state index < -0.39 is 10.0 Å². The van der Waals surface area contributed by atoms with Gasteiger partial charge in [-0.1, -0.05) is 29.0 Å². The number of nitrogens with one attached hydrogen (secondary N) is 1. The lowest BCUT2D eigenvalue weighted by molar-refractivity contribution is 0.315. The fourth-order valence-electron chi connectivity index (χ4n) is 3.50. The molecule has 1 N–H and O–H groups in total. The summed E-state index contributed by atoms with van der Waals surface area (Å²) in [5.74, 6) is 0.305. The minimum atomic E-state index is -3.21. The largest absolute Gasteiger partial charge is 0.313 e. The minimum absolute atomic E-state index is 0.0314. The molecular weight excluding hydrogens is 463 g/mol. The molecule has 1 aliphatic heterocycles. The lowest BCUT2D eigenvalue weighted by atomic mass is 10.0. The first-order valence-electron chi connectivity index (χ1n) is 9.90. The van der Waals surface area contributed by atoms with Crippen LogP contribution in [0.15, 0.2) is 30.5 Å². The van der Waals surface area contributed by atoms with Gasteiger partial charge in [0.05, 0.1) is 12.3 Å². The van der Waals surface area contributed by atoms with Gasteiger partial charge in [-0.15, -0.1) is 10.2 Å². The van der Waals surface area contributed by atoms with E-state index in [0.717, 1.165) is 17.8 Å². The number of anilines is 2. The van der Waals surface area contributed by atoms with Crippen LogP contribution in [0.3, 0.4) is 0 Å². The van der Waals surface area contributed by atoms with Gasteiger partial charge >= 0.3 is 0 Å². The molecule has 0 unspecified atom stereocenters. The van der Waals surface area contributed by atoms with E-state index in [1.165, 1.54) is 17.4 Å². The Hall–Kier alpha value is -2.08. The molecule has 1 aromatic carbocycles. The van der Waals surface area contributed by atoms with Crippen LogP contribution in [0.1, 0.15) is 36.3 Å². The Labute approximate surface area is 189 Å². The first-order valence-corrected chi connectivity index (χ1v) is 12.7. The fraction of sp³-hybridized carbons (Fsp3) is 0.421. The van der Waals surface area contributed by atoms with Crippen molar-refractivity contribution in [3.05, 3.63) is 51.9 Å². The molecule has 166 valence electrons. The highest BCUT2D eigenvalue weighted by molar-refractivity contribution is 7.89. The first-order chi connectivity index (χ1) is 14.9. The van der Waals surface area contributed by atoms with Crippen LogP contribution in [0.2, 0.25) is 5.02 Å². The van der Waals surface area contributed by atoms with Gasteiger partial charge in [-0.2, -0.15) is 5.10 Å². The first kappa shape index (κ1) is 22.1. The van der Waals surface area contributed by atoms with E-state index in [-0.39, 0.29) is 24.0 Å². The second kappa shape index (κ2) is 9.19. The van der Waals surface area contributed by atoms with Gasteiger partial charge in [0.2, 0.25) is 15.2 Å². The third-order valence-corrected chi connectivity index (χ3v) is 8.39. The molecule has 3 aromatic rings. The van der Waals surface area contributed by atoms with E-state index in [0.29, 0.717) is 34.6 Å². The van der Waals surface area contributed by atoms with Crippen LogP contribution in [-0.4, -0.2) is 51.5 Å². The van der Waals surface area contributed by atoms with Gasteiger partial charge in [0.25, 0.3) is 0 Å². The summed E-state index contributed by atoms with van der Waals surface area (Å²) in [4.78, 5) is 0. The Balaban J connectivity index is 1.42. The van der Waals surface area contributed by atoms with Gasteiger partial charge in [0, 0.05) is 41.9 Å². The van der Waals surface area contributed by atoms with E-state index in [1.54, 1.807) is 40.3 Å². The van der Waals surface area contributed by atoms with Crippen molar-refractivity contribution in [1.29, 1.82) is 0 Å². The van der Waals surface area contributed by atoms with Gasteiger partial charge in [-0.3, -0.25) is 4.68 Å². The maximum Gasteiger partial charge on any atom is 0.213 e. The van der Waals surface area contributed by atoms with E-state index >= 15 is 0 Å². The zero-order valence-electron chi connectivity index (χ0n) is 16.8. The lowest BCUT2D eigenvalue weighted by Crippen LogP contribution is -2.39. The molecule has 3 heterocycles. The zero-order chi connectivity index (χ0) is 22.0. The standard InChI is InChI=1S/C19H22ClFN6O2S2/c1-2-31(28,29)27-9-4-5-13(11-27)18-23-24-19(30-18)22-17-8-10-26(25-17)12-14-15(20)6-3-7-16(14)21/h3,6-8,10,13H,2,4-5,9,11-12H2,1H3,(H,22,24,25)/t13-/m0/s1.